The van der Waals surface area contributed by atoms with E-state index in [1.807, 2.05) is 33.9 Å². The Kier molecular flexibility index (Phi) is 7.90. The van der Waals surface area contributed by atoms with E-state index in [1.165, 1.54) is 6.07 Å². The van der Waals surface area contributed by atoms with Crippen molar-refractivity contribution >= 4 is 29.1 Å². The van der Waals surface area contributed by atoms with Crippen LogP contribution >= 0.6 is 23.2 Å². The molecule has 0 N–H and O–H groups in total. The minimum absolute atomic E-state index is 0.154. The van der Waals surface area contributed by atoms with Crippen LogP contribution in [-0.4, -0.2) is 51.4 Å². The first-order valence-corrected chi connectivity index (χ1v) is 13.2. The van der Waals surface area contributed by atoms with Gasteiger partial charge in [0.2, 0.25) is 0 Å². The Balaban J connectivity index is 1.39. The fraction of sp³-hybridized carbons (Fsp3) is 0.241. The summed E-state index contributed by atoms with van der Waals surface area (Å²) in [4.78, 5) is 21.2. The van der Waals surface area contributed by atoms with Crippen LogP contribution in [0.2, 0.25) is 10.0 Å². The third-order valence-corrected chi connectivity index (χ3v) is 7.94. The fourth-order valence-electron chi connectivity index (χ4n) is 5.13. The van der Waals surface area contributed by atoms with Crippen LogP contribution in [-0.2, 0) is 12.7 Å². The number of amides is 1. The summed E-state index contributed by atoms with van der Waals surface area (Å²) in [6.07, 6.45) is 0.378. The zero-order valence-electron chi connectivity index (χ0n) is 21.2. The number of likely N-dealkylation sites (tertiary alicyclic amines) is 1. The van der Waals surface area contributed by atoms with Crippen molar-refractivity contribution in [3.05, 3.63) is 118 Å². The lowest BCUT2D eigenvalue weighted by molar-refractivity contribution is -0.140. The number of nitrogens with zero attached hydrogens (tertiary/aromatic N) is 4. The number of hydrogen-bond acceptors (Lipinski definition) is 3. The molecule has 1 aliphatic rings. The number of imidazole rings is 1. The molecular weight excluding hydrogens is 567 g/mol. The molecule has 0 radical (unpaired) electrons. The molecule has 0 unspecified atom stereocenters. The summed E-state index contributed by atoms with van der Waals surface area (Å²) in [5.41, 5.74) is 1.34. The van der Waals surface area contributed by atoms with E-state index in [-0.39, 0.29) is 24.4 Å². The average molecular weight is 591 g/mol. The van der Waals surface area contributed by atoms with Gasteiger partial charge in [-0.25, -0.2) is 9.37 Å². The van der Waals surface area contributed by atoms with Gasteiger partial charge in [0.25, 0.3) is 5.91 Å². The quantitative estimate of drug-likeness (QED) is 0.225. The molecule has 0 aliphatic carbocycles. The molecule has 2 heterocycles. The van der Waals surface area contributed by atoms with Crippen LogP contribution in [0.3, 0.4) is 0 Å². The summed E-state index contributed by atoms with van der Waals surface area (Å²) in [6, 6.07) is 15.2. The lowest BCUT2D eigenvalue weighted by Gasteiger charge is -2.29. The van der Waals surface area contributed by atoms with Gasteiger partial charge in [-0.3, -0.25) is 9.69 Å². The highest BCUT2D eigenvalue weighted by Gasteiger charge is 2.39. The molecule has 1 saturated heterocycles. The van der Waals surface area contributed by atoms with Crippen LogP contribution in [0, 0.1) is 5.82 Å². The van der Waals surface area contributed by atoms with Crippen LogP contribution in [0.15, 0.2) is 79.4 Å². The molecule has 0 bridgehead atoms. The highest BCUT2D eigenvalue weighted by Crippen LogP contribution is 2.36. The van der Waals surface area contributed by atoms with Crippen molar-refractivity contribution in [2.24, 2.45) is 0 Å². The van der Waals surface area contributed by atoms with Gasteiger partial charge in [-0.05, 0) is 66.7 Å². The number of carbonyl (C=O) groups is 1. The maximum absolute atomic E-state index is 14.2. The summed E-state index contributed by atoms with van der Waals surface area (Å²) in [7, 11) is 1.80. The summed E-state index contributed by atoms with van der Waals surface area (Å²) in [6.45, 7) is 0.919. The number of carbonyl (C=O) groups excluding carboxylic acids is 1. The number of aromatic nitrogens is 2. The van der Waals surface area contributed by atoms with Gasteiger partial charge >= 0.3 is 6.18 Å². The molecule has 0 saturated carbocycles. The molecule has 40 heavy (non-hydrogen) atoms. The molecule has 0 spiro atoms. The minimum Gasteiger partial charge on any atom is -0.336 e. The Morgan fingerprint density at radius 1 is 1.02 bits per heavy atom. The van der Waals surface area contributed by atoms with Gasteiger partial charge in [0.15, 0.2) is 0 Å². The summed E-state index contributed by atoms with van der Waals surface area (Å²) in [5.74, 6) is -1.64. The van der Waals surface area contributed by atoms with Crippen molar-refractivity contribution in [3.63, 3.8) is 0 Å². The van der Waals surface area contributed by atoms with E-state index in [9.17, 15) is 22.4 Å². The highest BCUT2D eigenvalue weighted by atomic mass is 35.5. The van der Waals surface area contributed by atoms with Crippen LogP contribution in [0.5, 0.6) is 0 Å². The number of likely N-dealkylation sites (N-methyl/N-ethyl adjacent to an activating group) is 1. The van der Waals surface area contributed by atoms with E-state index in [4.69, 9.17) is 23.2 Å². The van der Waals surface area contributed by atoms with E-state index in [2.05, 4.69) is 4.98 Å². The Morgan fingerprint density at radius 2 is 1.77 bits per heavy atom. The van der Waals surface area contributed by atoms with Crippen LogP contribution in [0.4, 0.5) is 17.6 Å². The van der Waals surface area contributed by atoms with E-state index < -0.39 is 17.6 Å². The molecule has 1 fully saturated rings. The predicted molar refractivity (Wildman–Crippen MR) is 145 cm³/mol. The topological polar surface area (TPSA) is 41.4 Å². The van der Waals surface area contributed by atoms with E-state index in [1.54, 1.807) is 48.7 Å². The third-order valence-electron chi connectivity index (χ3n) is 7.20. The van der Waals surface area contributed by atoms with E-state index >= 15 is 0 Å². The van der Waals surface area contributed by atoms with Crippen molar-refractivity contribution in [1.82, 2.24) is 19.4 Å². The second kappa shape index (κ2) is 11.2. The van der Waals surface area contributed by atoms with Crippen LogP contribution in [0.1, 0.15) is 33.0 Å². The Hall–Kier alpha value is -3.40. The van der Waals surface area contributed by atoms with Crippen molar-refractivity contribution in [2.75, 3.05) is 20.1 Å². The predicted octanol–water partition coefficient (Wildman–Crippen LogP) is 7.08. The molecule has 1 aliphatic heterocycles. The summed E-state index contributed by atoms with van der Waals surface area (Å²) >= 11 is 12.4. The molecule has 5 rings (SSSR count). The standard InChI is InChI=1S/C29H24Cl2F4N4O/c1-37(14-18-2-8-23(26(32)12-18)29(33,34)35)27-16-39(15-22(27)20-5-9-24(30)25(31)13-20)28(40)19-3-6-21(7-4-19)38-11-10-36-17-38/h2-13,17,22,27H,14-16H2,1H3/t22-,27+/m1/s1. The first-order valence-electron chi connectivity index (χ1n) is 12.4. The lowest BCUT2D eigenvalue weighted by atomic mass is 9.93. The Morgan fingerprint density at radius 3 is 2.40 bits per heavy atom. The van der Waals surface area contributed by atoms with Gasteiger partial charge in [0, 0.05) is 55.2 Å². The largest absolute Gasteiger partial charge is 0.419 e. The van der Waals surface area contributed by atoms with Crippen LogP contribution < -0.4 is 0 Å². The normalized spacial score (nSPS) is 17.6. The molecule has 2 atom stereocenters. The molecule has 1 aromatic heterocycles. The van der Waals surface area contributed by atoms with Crippen molar-refractivity contribution in [2.45, 2.75) is 24.7 Å². The molecular formula is C29H24Cl2F4N4O. The van der Waals surface area contributed by atoms with E-state index in [0.29, 0.717) is 34.3 Å². The number of rotatable bonds is 6. The molecule has 11 heteroatoms. The molecule has 208 valence electrons. The minimum atomic E-state index is -4.77. The lowest BCUT2D eigenvalue weighted by Crippen LogP contribution is -2.38. The van der Waals surface area contributed by atoms with Crippen molar-refractivity contribution in [3.8, 4) is 5.69 Å². The average Bonchev–Trinajstić information content (AvgIpc) is 3.60. The van der Waals surface area contributed by atoms with Crippen molar-refractivity contribution < 1.29 is 22.4 Å². The maximum Gasteiger partial charge on any atom is 0.419 e. The number of halogens is 6. The second-order valence-corrected chi connectivity index (χ2v) is 10.6. The summed E-state index contributed by atoms with van der Waals surface area (Å²) < 4.78 is 55.2. The summed E-state index contributed by atoms with van der Waals surface area (Å²) in [5, 5.41) is 0.782. The van der Waals surface area contributed by atoms with Crippen molar-refractivity contribution in [1.29, 1.82) is 0 Å². The molecule has 3 aromatic carbocycles. The van der Waals surface area contributed by atoms with Gasteiger partial charge in [-0.15, -0.1) is 0 Å². The van der Waals surface area contributed by atoms with Gasteiger partial charge < -0.3 is 9.47 Å². The zero-order chi connectivity index (χ0) is 28.6. The SMILES string of the molecule is CN(Cc1ccc(C(F)(F)F)c(F)c1)[C@H]1CN(C(=O)c2ccc(-n3ccnc3)cc2)C[C@@H]1c1ccc(Cl)c(Cl)c1. The number of hydrogen-bond donors (Lipinski definition) is 0. The number of benzene rings is 3. The molecule has 4 aromatic rings. The van der Waals surface area contributed by atoms with E-state index in [0.717, 1.165) is 23.4 Å². The molecule has 5 nitrogen and oxygen atoms in total. The van der Waals surface area contributed by atoms with Gasteiger partial charge in [0.05, 0.1) is 21.9 Å². The van der Waals surface area contributed by atoms with Gasteiger partial charge in [0.1, 0.15) is 5.82 Å². The zero-order valence-corrected chi connectivity index (χ0v) is 22.8. The fourth-order valence-corrected chi connectivity index (χ4v) is 5.44. The highest BCUT2D eigenvalue weighted by molar-refractivity contribution is 6.42. The molecule has 1 amide bonds. The first kappa shape index (κ1) is 28.1. The monoisotopic (exact) mass is 590 g/mol. The third kappa shape index (κ3) is 5.87. The number of alkyl halides is 3. The maximum atomic E-state index is 14.2. The second-order valence-electron chi connectivity index (χ2n) is 9.80. The Labute approximate surface area is 238 Å². The van der Waals surface area contributed by atoms with Crippen LogP contribution in [0.25, 0.3) is 5.69 Å². The first-order chi connectivity index (χ1) is 19.0. The smallest absolute Gasteiger partial charge is 0.336 e. The van der Waals surface area contributed by atoms with Gasteiger partial charge in [-0.1, -0.05) is 35.3 Å². The van der Waals surface area contributed by atoms with Gasteiger partial charge in [-0.2, -0.15) is 13.2 Å². The Bertz CT molecular complexity index is 1510.